The molecular weight excluding hydrogens is 216 g/mol. The van der Waals surface area contributed by atoms with Crippen LogP contribution in [0, 0.1) is 0 Å². The van der Waals surface area contributed by atoms with Crippen LogP contribution in [0.5, 0.6) is 0 Å². The highest BCUT2D eigenvalue weighted by molar-refractivity contribution is 6.00. The van der Waals surface area contributed by atoms with Crippen LogP contribution in [0.4, 0.5) is 0 Å². The zero-order chi connectivity index (χ0) is 12.1. The number of hydrogen-bond donors (Lipinski definition) is 0. The maximum absolute atomic E-state index is 12.5. The van der Waals surface area contributed by atoms with E-state index in [1.54, 1.807) is 12.4 Å². The Bertz CT molecular complexity index is 367. The van der Waals surface area contributed by atoms with E-state index in [2.05, 4.69) is 9.97 Å². The Hall–Kier alpha value is -1.29. The lowest BCUT2D eigenvalue weighted by Gasteiger charge is -2.35. The van der Waals surface area contributed by atoms with Gasteiger partial charge < -0.3 is 4.74 Å². The maximum atomic E-state index is 12.5. The van der Waals surface area contributed by atoms with Crippen molar-refractivity contribution >= 4 is 5.78 Å². The summed E-state index contributed by atoms with van der Waals surface area (Å²) in [4.78, 5) is 20.5. The Morgan fingerprint density at radius 3 is 2.71 bits per heavy atom. The minimum atomic E-state index is -0.650. The second-order valence-corrected chi connectivity index (χ2v) is 4.41. The number of hydrogen-bond acceptors (Lipinski definition) is 4. The largest absolute Gasteiger partial charge is 0.367 e. The third-order valence-corrected chi connectivity index (χ3v) is 3.29. The number of rotatable bonds is 4. The molecule has 4 heteroatoms. The molecule has 0 aromatic carbocycles. The molecule has 0 aliphatic heterocycles. The first-order valence-corrected chi connectivity index (χ1v) is 6.23. The topological polar surface area (TPSA) is 52.1 Å². The van der Waals surface area contributed by atoms with E-state index in [4.69, 9.17) is 4.74 Å². The molecule has 0 unspecified atom stereocenters. The van der Waals surface area contributed by atoms with E-state index in [0.717, 1.165) is 25.7 Å². The molecule has 0 radical (unpaired) electrons. The van der Waals surface area contributed by atoms with Crippen molar-refractivity contribution in [2.24, 2.45) is 0 Å². The number of aromatic nitrogens is 2. The van der Waals surface area contributed by atoms with Crippen LogP contribution in [0.3, 0.4) is 0 Å². The van der Waals surface area contributed by atoms with Gasteiger partial charge in [0.05, 0.1) is 6.20 Å². The molecule has 0 spiro atoms. The molecule has 0 bridgehead atoms. The quantitative estimate of drug-likeness (QED) is 0.751. The smallest absolute Gasteiger partial charge is 0.214 e. The lowest BCUT2D eigenvalue weighted by Crippen LogP contribution is -2.44. The van der Waals surface area contributed by atoms with E-state index < -0.39 is 5.60 Å². The van der Waals surface area contributed by atoms with E-state index in [1.807, 2.05) is 6.92 Å². The Kier molecular flexibility index (Phi) is 3.84. The van der Waals surface area contributed by atoms with Gasteiger partial charge in [0, 0.05) is 19.0 Å². The predicted octanol–water partition coefficient (Wildman–Crippen LogP) is 2.40. The molecule has 2 rings (SSSR count). The summed E-state index contributed by atoms with van der Waals surface area (Å²) in [6, 6.07) is 0. The highest BCUT2D eigenvalue weighted by Gasteiger charge is 2.41. The first-order chi connectivity index (χ1) is 8.28. The van der Waals surface area contributed by atoms with Crippen molar-refractivity contribution in [2.75, 3.05) is 6.61 Å². The molecule has 1 fully saturated rings. The summed E-state index contributed by atoms with van der Waals surface area (Å²) in [5, 5.41) is 0. The van der Waals surface area contributed by atoms with Gasteiger partial charge in [0.2, 0.25) is 5.78 Å². The van der Waals surface area contributed by atoms with Crippen LogP contribution in [0.2, 0.25) is 0 Å². The van der Waals surface area contributed by atoms with Crippen molar-refractivity contribution in [2.45, 2.75) is 44.6 Å². The third-order valence-electron chi connectivity index (χ3n) is 3.29. The minimum absolute atomic E-state index is 0.00727. The van der Waals surface area contributed by atoms with E-state index in [0.29, 0.717) is 12.3 Å². The van der Waals surface area contributed by atoms with Crippen molar-refractivity contribution < 1.29 is 9.53 Å². The van der Waals surface area contributed by atoms with E-state index in [9.17, 15) is 4.79 Å². The first kappa shape index (κ1) is 12.2. The molecule has 92 valence electrons. The summed E-state index contributed by atoms with van der Waals surface area (Å²) in [5.74, 6) is -0.00727. The highest BCUT2D eigenvalue weighted by atomic mass is 16.5. The molecule has 1 saturated carbocycles. The molecular formula is C13H18N2O2. The molecule has 0 atom stereocenters. The van der Waals surface area contributed by atoms with Crippen molar-refractivity contribution in [3.63, 3.8) is 0 Å². The van der Waals surface area contributed by atoms with Gasteiger partial charge in [-0.05, 0) is 19.8 Å². The fourth-order valence-electron chi connectivity index (χ4n) is 2.49. The molecule has 1 aromatic rings. The average Bonchev–Trinajstić information content (AvgIpc) is 2.40. The molecule has 0 N–H and O–H groups in total. The van der Waals surface area contributed by atoms with Gasteiger partial charge in [0.1, 0.15) is 11.3 Å². The van der Waals surface area contributed by atoms with Gasteiger partial charge in [-0.15, -0.1) is 0 Å². The minimum Gasteiger partial charge on any atom is -0.367 e. The zero-order valence-corrected chi connectivity index (χ0v) is 10.2. The summed E-state index contributed by atoms with van der Waals surface area (Å²) in [6.45, 7) is 2.49. The van der Waals surface area contributed by atoms with Gasteiger partial charge in [-0.25, -0.2) is 4.98 Å². The predicted molar refractivity (Wildman–Crippen MR) is 63.8 cm³/mol. The van der Waals surface area contributed by atoms with Crippen LogP contribution >= 0.6 is 0 Å². The van der Waals surface area contributed by atoms with Gasteiger partial charge in [0.15, 0.2) is 0 Å². The van der Waals surface area contributed by atoms with Crippen molar-refractivity contribution in [3.8, 4) is 0 Å². The van der Waals surface area contributed by atoms with E-state index >= 15 is 0 Å². The fraction of sp³-hybridized carbons (Fsp3) is 0.615. The second-order valence-electron chi connectivity index (χ2n) is 4.41. The van der Waals surface area contributed by atoms with Gasteiger partial charge >= 0.3 is 0 Å². The standard InChI is InChI=1S/C13H18N2O2/c1-2-17-13(6-4-3-5-7-13)12(16)11-10-14-8-9-15-11/h8-10H,2-7H2,1H3. The van der Waals surface area contributed by atoms with Crippen molar-refractivity contribution in [1.29, 1.82) is 0 Å². The number of carbonyl (C=O) groups excluding carboxylic acids is 1. The zero-order valence-electron chi connectivity index (χ0n) is 10.2. The lowest BCUT2D eigenvalue weighted by molar-refractivity contribution is -0.0414. The number of ether oxygens (including phenoxy) is 1. The van der Waals surface area contributed by atoms with Crippen LogP contribution in [0.15, 0.2) is 18.6 Å². The molecule has 1 heterocycles. The molecule has 1 aliphatic carbocycles. The Balaban J connectivity index is 2.24. The number of Topliss-reactive ketones (excluding diaryl/α,β-unsaturated/α-hetero) is 1. The first-order valence-electron chi connectivity index (χ1n) is 6.23. The summed E-state index contributed by atoms with van der Waals surface area (Å²) in [6.07, 6.45) is 9.53. The molecule has 0 saturated heterocycles. The van der Waals surface area contributed by atoms with Crippen LogP contribution in [0.1, 0.15) is 49.5 Å². The summed E-state index contributed by atoms with van der Waals surface area (Å²) >= 11 is 0. The van der Waals surface area contributed by atoms with E-state index in [1.165, 1.54) is 12.6 Å². The van der Waals surface area contributed by atoms with Crippen LogP contribution in [-0.4, -0.2) is 28.0 Å². The fourth-order valence-corrected chi connectivity index (χ4v) is 2.49. The Morgan fingerprint density at radius 2 is 2.12 bits per heavy atom. The molecule has 1 aliphatic rings. The number of ketones is 1. The van der Waals surface area contributed by atoms with Gasteiger partial charge in [-0.3, -0.25) is 9.78 Å². The third kappa shape index (κ3) is 2.52. The van der Waals surface area contributed by atoms with Crippen molar-refractivity contribution in [3.05, 3.63) is 24.3 Å². The maximum Gasteiger partial charge on any atom is 0.214 e. The van der Waals surface area contributed by atoms with E-state index in [-0.39, 0.29) is 5.78 Å². The second kappa shape index (κ2) is 5.36. The van der Waals surface area contributed by atoms with Gasteiger partial charge in [0.25, 0.3) is 0 Å². The number of carbonyl (C=O) groups is 1. The highest BCUT2D eigenvalue weighted by Crippen LogP contribution is 2.34. The van der Waals surface area contributed by atoms with Gasteiger partial charge in [-0.2, -0.15) is 0 Å². The van der Waals surface area contributed by atoms with Crippen LogP contribution in [0.25, 0.3) is 0 Å². The molecule has 0 amide bonds. The monoisotopic (exact) mass is 234 g/mol. The summed E-state index contributed by atoms with van der Waals surface area (Å²) < 4.78 is 5.77. The SMILES string of the molecule is CCOC1(C(=O)c2cnccn2)CCCCC1. The number of nitrogens with zero attached hydrogens (tertiary/aromatic N) is 2. The average molecular weight is 234 g/mol. The van der Waals surface area contributed by atoms with Crippen molar-refractivity contribution in [1.82, 2.24) is 9.97 Å². The van der Waals surface area contributed by atoms with Gasteiger partial charge in [-0.1, -0.05) is 19.3 Å². The normalized spacial score (nSPS) is 18.9. The summed E-state index contributed by atoms with van der Waals surface area (Å²) in [5.41, 5.74) is -0.230. The Labute approximate surface area is 101 Å². The Morgan fingerprint density at radius 1 is 1.35 bits per heavy atom. The molecule has 4 nitrogen and oxygen atoms in total. The lowest BCUT2D eigenvalue weighted by atomic mass is 9.80. The molecule has 1 aromatic heterocycles. The molecule has 17 heavy (non-hydrogen) atoms. The van der Waals surface area contributed by atoms with Crippen LogP contribution < -0.4 is 0 Å². The van der Waals surface area contributed by atoms with Crippen LogP contribution in [-0.2, 0) is 4.74 Å². The summed E-state index contributed by atoms with van der Waals surface area (Å²) in [7, 11) is 0.